The predicted molar refractivity (Wildman–Crippen MR) is 147 cm³/mol. The average molecular weight is 568 g/mol. The number of rotatable bonds is 9. The predicted octanol–water partition coefficient (Wildman–Crippen LogP) is 7.51. The number of aromatic nitrogens is 2. The zero-order chi connectivity index (χ0) is 27.7. The highest BCUT2D eigenvalue weighted by Gasteiger charge is 2.51. The molecule has 1 aromatic heterocycles. The second-order valence-electron chi connectivity index (χ2n) is 11.7. The molecule has 4 aliphatic carbocycles. The summed E-state index contributed by atoms with van der Waals surface area (Å²) in [4.78, 5) is 20.9. The van der Waals surface area contributed by atoms with Crippen molar-refractivity contribution in [3.05, 3.63) is 71.9 Å². The average Bonchev–Trinajstić information content (AvgIpc) is 2.91. The van der Waals surface area contributed by atoms with E-state index in [1.165, 1.54) is 38.5 Å². The standard InChI is InChI=1S/C31H32F3N3O2S/c32-31(33,34)27-13-26(36-29(37-27)40-18-20-4-2-1-3-5-20)24-6-8-25(9-7-24)39-19-35-28(38)17-30-14-21-10-22(15-30)12-23(11-21)16-30/h1-9,13,21-23H,10-12,14-19H2,(H,35,38). The number of halogens is 3. The van der Waals surface area contributed by atoms with E-state index in [9.17, 15) is 18.0 Å². The van der Waals surface area contributed by atoms with E-state index in [1.54, 1.807) is 24.3 Å². The molecule has 1 amide bonds. The van der Waals surface area contributed by atoms with E-state index in [4.69, 9.17) is 4.74 Å². The van der Waals surface area contributed by atoms with Gasteiger partial charge in [0, 0.05) is 17.7 Å². The summed E-state index contributed by atoms with van der Waals surface area (Å²) in [5.74, 6) is 3.41. The van der Waals surface area contributed by atoms with Crippen LogP contribution in [0.2, 0.25) is 0 Å². The summed E-state index contributed by atoms with van der Waals surface area (Å²) in [6, 6.07) is 17.1. The summed E-state index contributed by atoms with van der Waals surface area (Å²) in [6.07, 6.45) is 3.57. The fourth-order valence-corrected chi connectivity index (χ4v) is 8.15. The van der Waals surface area contributed by atoms with Gasteiger partial charge in [0.2, 0.25) is 5.91 Å². The van der Waals surface area contributed by atoms with Crippen LogP contribution in [-0.4, -0.2) is 22.6 Å². The van der Waals surface area contributed by atoms with Gasteiger partial charge in [0.15, 0.2) is 11.9 Å². The van der Waals surface area contributed by atoms with Crippen molar-refractivity contribution < 1.29 is 22.7 Å². The second-order valence-corrected chi connectivity index (χ2v) is 12.6. The van der Waals surface area contributed by atoms with Crippen LogP contribution in [0.1, 0.15) is 56.2 Å². The van der Waals surface area contributed by atoms with Gasteiger partial charge in [-0.2, -0.15) is 13.2 Å². The van der Waals surface area contributed by atoms with Crippen molar-refractivity contribution in [3.63, 3.8) is 0 Å². The zero-order valence-electron chi connectivity index (χ0n) is 22.1. The van der Waals surface area contributed by atoms with E-state index in [1.807, 2.05) is 30.3 Å². The highest BCUT2D eigenvalue weighted by Crippen LogP contribution is 2.61. The summed E-state index contributed by atoms with van der Waals surface area (Å²) in [7, 11) is 0. The number of carbonyl (C=O) groups is 1. The lowest BCUT2D eigenvalue weighted by Crippen LogP contribution is -2.48. The molecule has 5 nitrogen and oxygen atoms in total. The largest absolute Gasteiger partial charge is 0.473 e. The maximum Gasteiger partial charge on any atom is 0.433 e. The van der Waals surface area contributed by atoms with E-state index in [-0.39, 0.29) is 28.9 Å². The van der Waals surface area contributed by atoms with Gasteiger partial charge in [-0.25, -0.2) is 9.97 Å². The highest BCUT2D eigenvalue weighted by atomic mass is 32.2. The normalized spacial score (nSPS) is 25.1. The number of nitrogens with one attached hydrogen (secondary N) is 1. The minimum Gasteiger partial charge on any atom is -0.473 e. The molecule has 0 spiro atoms. The van der Waals surface area contributed by atoms with Crippen LogP contribution in [0.25, 0.3) is 11.3 Å². The van der Waals surface area contributed by atoms with Gasteiger partial charge in [-0.1, -0.05) is 42.1 Å². The molecule has 4 bridgehead atoms. The number of amides is 1. The molecule has 4 fully saturated rings. The Hall–Kier alpha value is -3.07. The van der Waals surface area contributed by atoms with Crippen LogP contribution < -0.4 is 10.1 Å². The lowest BCUT2D eigenvalue weighted by molar-refractivity contribution is -0.141. The molecular formula is C31H32F3N3O2S. The molecule has 40 heavy (non-hydrogen) atoms. The maximum absolute atomic E-state index is 13.6. The number of nitrogens with zero attached hydrogens (tertiary/aromatic N) is 2. The monoisotopic (exact) mass is 567 g/mol. The second kappa shape index (κ2) is 11.1. The first kappa shape index (κ1) is 27.1. The van der Waals surface area contributed by atoms with Crippen molar-refractivity contribution in [1.29, 1.82) is 0 Å². The molecular weight excluding hydrogens is 535 g/mol. The van der Waals surface area contributed by atoms with Crippen molar-refractivity contribution in [2.75, 3.05) is 6.73 Å². The topological polar surface area (TPSA) is 64.1 Å². The van der Waals surface area contributed by atoms with Crippen LogP contribution in [0.4, 0.5) is 13.2 Å². The third-order valence-corrected chi connectivity index (χ3v) is 9.48. The van der Waals surface area contributed by atoms with Crippen LogP contribution in [0.3, 0.4) is 0 Å². The molecule has 0 unspecified atom stereocenters. The van der Waals surface area contributed by atoms with Gasteiger partial charge in [-0.3, -0.25) is 4.79 Å². The van der Waals surface area contributed by atoms with Crippen LogP contribution in [0.15, 0.2) is 65.8 Å². The molecule has 2 aromatic carbocycles. The van der Waals surface area contributed by atoms with Gasteiger partial charge in [0.05, 0.1) is 5.69 Å². The molecule has 0 aliphatic heterocycles. The van der Waals surface area contributed by atoms with E-state index in [0.29, 0.717) is 23.5 Å². The molecule has 0 saturated heterocycles. The molecule has 1 heterocycles. The van der Waals surface area contributed by atoms with Crippen molar-refractivity contribution >= 4 is 17.7 Å². The van der Waals surface area contributed by atoms with Crippen LogP contribution in [0, 0.1) is 23.2 Å². The fraction of sp³-hybridized carbons (Fsp3) is 0.452. The molecule has 0 atom stereocenters. The number of benzene rings is 2. The Balaban J connectivity index is 1.06. The SMILES string of the molecule is O=C(CC12CC3CC(CC(C3)C1)C2)NCOc1ccc(-c2cc(C(F)(F)F)nc(SCc3ccccc3)n2)cc1. The van der Waals surface area contributed by atoms with Gasteiger partial charge in [0.1, 0.15) is 11.4 Å². The Labute approximate surface area is 236 Å². The van der Waals surface area contributed by atoms with E-state index in [2.05, 4.69) is 15.3 Å². The van der Waals surface area contributed by atoms with E-state index < -0.39 is 11.9 Å². The minimum absolute atomic E-state index is 0.0276. The van der Waals surface area contributed by atoms with Crippen LogP contribution in [0.5, 0.6) is 5.75 Å². The molecule has 7 rings (SSSR count). The fourth-order valence-electron chi connectivity index (χ4n) is 7.34. The number of carbonyl (C=O) groups excluding carboxylic acids is 1. The number of hydrogen-bond acceptors (Lipinski definition) is 5. The van der Waals surface area contributed by atoms with Gasteiger partial charge in [-0.15, -0.1) is 0 Å². The summed E-state index contributed by atoms with van der Waals surface area (Å²) < 4.78 is 46.5. The van der Waals surface area contributed by atoms with Gasteiger partial charge >= 0.3 is 6.18 Å². The van der Waals surface area contributed by atoms with E-state index in [0.717, 1.165) is 41.1 Å². The van der Waals surface area contributed by atoms with Crippen LogP contribution in [-0.2, 0) is 16.7 Å². The first-order valence-electron chi connectivity index (χ1n) is 13.9. The first-order chi connectivity index (χ1) is 19.2. The number of thioether (sulfide) groups is 1. The highest BCUT2D eigenvalue weighted by molar-refractivity contribution is 7.98. The Bertz CT molecular complexity index is 1310. The third-order valence-electron chi connectivity index (χ3n) is 8.57. The lowest BCUT2D eigenvalue weighted by atomic mass is 9.49. The number of ether oxygens (including phenoxy) is 1. The molecule has 0 radical (unpaired) electrons. The van der Waals surface area contributed by atoms with Crippen molar-refractivity contribution in [2.45, 2.75) is 62.0 Å². The van der Waals surface area contributed by atoms with Crippen LogP contribution >= 0.6 is 11.8 Å². The molecule has 3 aromatic rings. The zero-order valence-corrected chi connectivity index (χ0v) is 22.9. The Kier molecular flexibility index (Phi) is 7.50. The molecule has 1 N–H and O–H groups in total. The maximum atomic E-state index is 13.6. The summed E-state index contributed by atoms with van der Waals surface area (Å²) >= 11 is 1.16. The van der Waals surface area contributed by atoms with Gasteiger partial charge in [-0.05, 0) is 97.6 Å². The quantitative estimate of drug-likeness (QED) is 0.165. The van der Waals surface area contributed by atoms with Gasteiger partial charge < -0.3 is 10.1 Å². The Morgan fingerprint density at radius 1 is 0.950 bits per heavy atom. The smallest absolute Gasteiger partial charge is 0.433 e. The first-order valence-corrected chi connectivity index (χ1v) is 14.8. The van der Waals surface area contributed by atoms with Crippen molar-refractivity contribution in [1.82, 2.24) is 15.3 Å². The number of alkyl halides is 3. The molecule has 4 aliphatic rings. The summed E-state index contributed by atoms with van der Waals surface area (Å²) in [5, 5.41) is 2.97. The van der Waals surface area contributed by atoms with Crippen molar-refractivity contribution in [3.8, 4) is 17.0 Å². The van der Waals surface area contributed by atoms with Gasteiger partial charge in [0.25, 0.3) is 0 Å². The number of hydrogen-bond donors (Lipinski definition) is 1. The molecule has 9 heteroatoms. The lowest BCUT2D eigenvalue weighted by Gasteiger charge is -2.56. The molecule has 4 saturated carbocycles. The summed E-state index contributed by atoms with van der Waals surface area (Å²) in [6.45, 7) is 0.0521. The summed E-state index contributed by atoms with van der Waals surface area (Å²) in [5.41, 5.74) is 0.878. The Morgan fingerprint density at radius 2 is 1.60 bits per heavy atom. The third kappa shape index (κ3) is 6.29. The van der Waals surface area contributed by atoms with Crippen molar-refractivity contribution in [2.24, 2.45) is 23.2 Å². The van der Waals surface area contributed by atoms with E-state index >= 15 is 0 Å². The molecule has 210 valence electrons. The Morgan fingerprint density at radius 3 is 2.23 bits per heavy atom. The minimum atomic E-state index is -4.59.